The fourth-order valence-corrected chi connectivity index (χ4v) is 6.56. The molecular weight excluding hydrogens is 777 g/mol. The minimum atomic E-state index is -4.62. The number of aliphatic hydroxyl groups excluding tert-OH is 3. The molecular formula is C46H74O12S. The van der Waals surface area contributed by atoms with Crippen molar-refractivity contribution in [3.8, 4) is 0 Å². The van der Waals surface area contributed by atoms with Gasteiger partial charge in [0, 0.05) is 12.8 Å². The molecule has 0 aliphatic carbocycles. The van der Waals surface area contributed by atoms with Gasteiger partial charge in [0.1, 0.15) is 36.8 Å². The summed E-state index contributed by atoms with van der Waals surface area (Å²) in [5, 5.41) is 30.8. The van der Waals surface area contributed by atoms with Crippen LogP contribution in [0.15, 0.2) is 85.1 Å². The van der Waals surface area contributed by atoms with Crippen LogP contribution < -0.4 is 0 Å². The topological polar surface area (TPSA) is 186 Å². The molecule has 1 rings (SSSR count). The van der Waals surface area contributed by atoms with Crippen molar-refractivity contribution in [1.82, 2.24) is 0 Å². The van der Waals surface area contributed by atoms with E-state index >= 15 is 0 Å². The zero-order valence-electron chi connectivity index (χ0n) is 35.6. The van der Waals surface area contributed by atoms with Crippen molar-refractivity contribution >= 4 is 22.1 Å². The first-order valence-corrected chi connectivity index (χ1v) is 23.3. The van der Waals surface area contributed by atoms with Crippen LogP contribution in [-0.2, 0) is 38.7 Å². The number of allylic oxidation sites excluding steroid dienone is 14. The molecule has 4 N–H and O–H groups in total. The Hall–Kier alpha value is -3.17. The summed E-state index contributed by atoms with van der Waals surface area (Å²) >= 11 is 0. The van der Waals surface area contributed by atoms with Gasteiger partial charge in [-0.3, -0.25) is 14.1 Å². The van der Waals surface area contributed by atoms with Crippen LogP contribution in [0.3, 0.4) is 0 Å². The number of aliphatic hydroxyl groups is 3. The highest BCUT2D eigenvalue weighted by Gasteiger charge is 2.46. The van der Waals surface area contributed by atoms with Crippen LogP contribution >= 0.6 is 0 Å². The third-order valence-corrected chi connectivity index (χ3v) is 9.97. The highest BCUT2D eigenvalue weighted by atomic mass is 32.2. The van der Waals surface area contributed by atoms with Crippen molar-refractivity contribution in [1.29, 1.82) is 0 Å². The van der Waals surface area contributed by atoms with Crippen LogP contribution in [0.2, 0.25) is 0 Å². The van der Waals surface area contributed by atoms with Crippen LogP contribution in [0.4, 0.5) is 0 Å². The molecule has 0 aromatic carbocycles. The molecule has 0 saturated carbocycles. The Morgan fingerprint density at radius 2 is 1.10 bits per heavy atom. The summed E-state index contributed by atoms with van der Waals surface area (Å²) in [5.74, 6) is -2.12. The molecule has 1 fully saturated rings. The highest BCUT2D eigenvalue weighted by molar-refractivity contribution is 7.85. The minimum Gasteiger partial charge on any atom is -0.462 e. The first-order chi connectivity index (χ1) is 28.5. The lowest BCUT2D eigenvalue weighted by Crippen LogP contribution is -2.60. The fraction of sp³-hybridized carbons (Fsp3) is 0.652. The predicted octanol–water partition coefficient (Wildman–Crippen LogP) is 8.50. The van der Waals surface area contributed by atoms with Gasteiger partial charge in [-0.15, -0.1) is 0 Å². The summed E-state index contributed by atoms with van der Waals surface area (Å²) in [6.07, 6.45) is 36.5. The van der Waals surface area contributed by atoms with Crippen molar-refractivity contribution < 1.29 is 56.8 Å². The van der Waals surface area contributed by atoms with Gasteiger partial charge in [0.15, 0.2) is 12.4 Å². The molecule has 0 radical (unpaired) electrons. The zero-order valence-corrected chi connectivity index (χ0v) is 36.4. The maximum atomic E-state index is 12.8. The normalized spacial score (nSPS) is 21.1. The fourth-order valence-electron chi connectivity index (χ4n) is 5.87. The van der Waals surface area contributed by atoms with Crippen LogP contribution in [0, 0.1) is 0 Å². The predicted molar refractivity (Wildman–Crippen MR) is 233 cm³/mol. The molecule has 1 heterocycles. The molecule has 0 spiro atoms. The molecule has 0 aromatic heterocycles. The standard InChI is InChI=1S/C46H74O12S/c1-3-5-7-9-11-13-15-17-18-19-20-21-22-23-25-27-29-31-33-35-42(48)57-39(37-56-46-45(51)44(50)43(49)40(58-46)38-59(52,53)54)36-55-41(47)34-32-30-28-26-24-16-14-12-10-8-6-4-2/h5,7,11-14,17-18,20-21,23,25,29,31,39-40,43-46,49-51H,3-4,6,8-10,15-16,19,22,24,26-28,30,32-38H2,1-2H3,(H,52,53,54)/b7-5+,13-11+,14-12+,18-17+,21-20+,25-23+,31-29+/t39-,40-,43-,44?,45?,46+/m1/s1. The summed E-state index contributed by atoms with van der Waals surface area (Å²) < 4.78 is 53.9. The Morgan fingerprint density at radius 3 is 1.66 bits per heavy atom. The molecule has 59 heavy (non-hydrogen) atoms. The summed E-state index contributed by atoms with van der Waals surface area (Å²) in [5.41, 5.74) is 0. The quantitative estimate of drug-likeness (QED) is 0.0210. The van der Waals surface area contributed by atoms with E-state index in [2.05, 4.69) is 80.7 Å². The maximum absolute atomic E-state index is 12.8. The molecule has 0 amide bonds. The van der Waals surface area contributed by atoms with Crippen molar-refractivity contribution in [3.63, 3.8) is 0 Å². The molecule has 1 aliphatic rings. The molecule has 6 atom stereocenters. The second kappa shape index (κ2) is 35.6. The Bertz CT molecular complexity index is 1410. The van der Waals surface area contributed by atoms with E-state index in [1.165, 1.54) is 19.3 Å². The monoisotopic (exact) mass is 850 g/mol. The SMILES string of the molecule is CC/C=C/C/C=C/C/C=C/C/C=C/C/C=C/C/C=C/CCC(=O)O[C@H](COC(=O)CCCCCCC/C=C/CCCCC)CO[C@H]1O[C@H](CS(=O)(=O)O)[C@@H](O)C(O)C1O. The smallest absolute Gasteiger partial charge is 0.306 e. The van der Waals surface area contributed by atoms with Crippen molar-refractivity contribution in [3.05, 3.63) is 85.1 Å². The number of ether oxygens (including phenoxy) is 4. The van der Waals surface area contributed by atoms with Gasteiger partial charge in [0.25, 0.3) is 10.1 Å². The number of carbonyl (C=O) groups excluding carboxylic acids is 2. The van der Waals surface area contributed by atoms with Crippen molar-refractivity contribution in [2.75, 3.05) is 19.0 Å². The van der Waals surface area contributed by atoms with Crippen molar-refractivity contribution in [2.24, 2.45) is 0 Å². The average Bonchev–Trinajstić information content (AvgIpc) is 3.20. The number of hydrogen-bond donors (Lipinski definition) is 4. The first-order valence-electron chi connectivity index (χ1n) is 21.6. The summed E-state index contributed by atoms with van der Waals surface area (Å²) in [6, 6.07) is 0. The molecule has 13 heteroatoms. The van der Waals surface area contributed by atoms with E-state index in [1.54, 1.807) is 0 Å². The molecule has 0 bridgehead atoms. The molecule has 1 saturated heterocycles. The van der Waals surface area contributed by atoms with Gasteiger partial charge >= 0.3 is 11.9 Å². The van der Waals surface area contributed by atoms with Crippen molar-refractivity contribution in [2.45, 2.75) is 173 Å². The Balaban J connectivity index is 2.54. The van der Waals surface area contributed by atoms with Crippen LogP contribution in [-0.4, -0.2) is 96.0 Å². The van der Waals surface area contributed by atoms with Gasteiger partial charge in [0.05, 0.1) is 6.61 Å². The summed E-state index contributed by atoms with van der Waals surface area (Å²) in [6.45, 7) is 3.52. The van der Waals surface area contributed by atoms with Crippen LogP contribution in [0.1, 0.15) is 136 Å². The van der Waals surface area contributed by atoms with E-state index in [9.17, 15) is 37.9 Å². The minimum absolute atomic E-state index is 0.0329. The number of rotatable bonds is 34. The second-order valence-corrected chi connectivity index (χ2v) is 16.1. The maximum Gasteiger partial charge on any atom is 0.306 e. The van der Waals surface area contributed by atoms with Crippen LogP contribution in [0.5, 0.6) is 0 Å². The number of unbranched alkanes of at least 4 members (excludes halogenated alkanes) is 8. The lowest BCUT2D eigenvalue weighted by atomic mass is 10.00. The number of hydrogen-bond acceptors (Lipinski definition) is 11. The van der Waals surface area contributed by atoms with E-state index in [0.29, 0.717) is 19.3 Å². The molecule has 0 aromatic rings. The number of carbonyl (C=O) groups is 2. The summed E-state index contributed by atoms with van der Waals surface area (Å²) in [4.78, 5) is 25.3. The zero-order chi connectivity index (χ0) is 43.4. The second-order valence-electron chi connectivity index (χ2n) is 14.6. The number of esters is 2. The van der Waals surface area contributed by atoms with E-state index in [1.807, 2.05) is 18.2 Å². The van der Waals surface area contributed by atoms with Crippen LogP contribution in [0.25, 0.3) is 0 Å². The largest absolute Gasteiger partial charge is 0.462 e. The summed E-state index contributed by atoms with van der Waals surface area (Å²) in [7, 11) is -4.62. The molecule has 1 aliphatic heterocycles. The van der Waals surface area contributed by atoms with Gasteiger partial charge in [-0.05, 0) is 77.0 Å². The molecule has 336 valence electrons. The lowest BCUT2D eigenvalue weighted by molar-refractivity contribution is -0.297. The first kappa shape index (κ1) is 53.8. The molecule has 12 nitrogen and oxygen atoms in total. The third kappa shape index (κ3) is 30.5. The lowest BCUT2D eigenvalue weighted by Gasteiger charge is -2.40. The Kier molecular flexibility index (Phi) is 32.5. The van der Waals surface area contributed by atoms with Gasteiger partial charge in [-0.2, -0.15) is 8.42 Å². The van der Waals surface area contributed by atoms with E-state index in [-0.39, 0.29) is 19.4 Å². The third-order valence-electron chi connectivity index (χ3n) is 9.22. The Morgan fingerprint density at radius 1 is 0.593 bits per heavy atom. The average molecular weight is 851 g/mol. The van der Waals surface area contributed by atoms with Gasteiger partial charge < -0.3 is 34.3 Å². The highest BCUT2D eigenvalue weighted by Crippen LogP contribution is 2.24. The van der Waals surface area contributed by atoms with Gasteiger partial charge in [-0.1, -0.05) is 131 Å². The van der Waals surface area contributed by atoms with Gasteiger partial charge in [-0.25, -0.2) is 0 Å². The van der Waals surface area contributed by atoms with E-state index < -0.39 is 71.2 Å². The van der Waals surface area contributed by atoms with E-state index in [0.717, 1.165) is 70.6 Å². The van der Waals surface area contributed by atoms with E-state index in [4.69, 9.17) is 18.9 Å². The molecule has 2 unspecified atom stereocenters. The Labute approximate surface area is 354 Å². The van der Waals surface area contributed by atoms with Gasteiger partial charge in [0.2, 0.25) is 0 Å².